The fourth-order valence-electron chi connectivity index (χ4n) is 3.37. The van der Waals surface area contributed by atoms with Crippen molar-refractivity contribution in [3.05, 3.63) is 0 Å². The van der Waals surface area contributed by atoms with Crippen LogP contribution in [0.25, 0.3) is 0 Å². The van der Waals surface area contributed by atoms with Crippen molar-refractivity contribution in [2.45, 2.75) is 44.7 Å². The van der Waals surface area contributed by atoms with Crippen LogP contribution < -0.4 is 5.73 Å². The first-order valence-electron chi connectivity index (χ1n) is 6.26. The van der Waals surface area contributed by atoms with Crippen molar-refractivity contribution in [1.82, 2.24) is 4.90 Å². The largest absolute Gasteiger partial charge is 0.378 e. The van der Waals surface area contributed by atoms with E-state index in [1.54, 1.807) is 0 Å². The highest BCUT2D eigenvalue weighted by atomic mass is 16.5. The predicted molar refractivity (Wildman–Crippen MR) is 61.8 cm³/mol. The van der Waals surface area contributed by atoms with E-state index in [1.165, 1.54) is 19.3 Å². The Morgan fingerprint density at radius 1 is 1.47 bits per heavy atom. The van der Waals surface area contributed by atoms with E-state index in [9.17, 15) is 0 Å². The number of hydrogen-bond acceptors (Lipinski definition) is 3. The number of nitrogens with zero attached hydrogens (tertiary/aromatic N) is 1. The first-order chi connectivity index (χ1) is 7.22. The molecule has 2 rings (SSSR count). The van der Waals surface area contributed by atoms with E-state index in [0.29, 0.717) is 11.6 Å². The molecule has 0 radical (unpaired) electrons. The molecule has 1 atom stereocenters. The van der Waals surface area contributed by atoms with Crippen LogP contribution in [-0.2, 0) is 4.74 Å². The number of ether oxygens (including phenoxy) is 1. The van der Waals surface area contributed by atoms with Gasteiger partial charge in [-0.3, -0.25) is 4.90 Å². The Morgan fingerprint density at radius 2 is 2.20 bits per heavy atom. The first kappa shape index (κ1) is 11.4. The zero-order valence-electron chi connectivity index (χ0n) is 10.0. The maximum Gasteiger partial charge on any atom is 0.0622 e. The summed E-state index contributed by atoms with van der Waals surface area (Å²) in [6.07, 6.45) is 3.73. The summed E-state index contributed by atoms with van der Waals surface area (Å²) >= 11 is 0. The highest BCUT2D eigenvalue weighted by Crippen LogP contribution is 2.43. The molecule has 1 aliphatic heterocycles. The molecule has 0 aromatic heterocycles. The molecule has 0 aromatic rings. The third-order valence-corrected chi connectivity index (χ3v) is 4.14. The number of morpholine rings is 1. The Morgan fingerprint density at radius 3 is 2.73 bits per heavy atom. The second-order valence-corrected chi connectivity index (χ2v) is 5.27. The van der Waals surface area contributed by atoms with Crippen LogP contribution in [0.15, 0.2) is 0 Å². The molecule has 2 N–H and O–H groups in total. The molecule has 0 aromatic carbocycles. The summed E-state index contributed by atoms with van der Waals surface area (Å²) in [5.74, 6) is 0.855. The van der Waals surface area contributed by atoms with Gasteiger partial charge in [-0.25, -0.2) is 0 Å². The molecule has 3 heteroatoms. The van der Waals surface area contributed by atoms with Crippen LogP contribution in [0.4, 0.5) is 0 Å². The number of nitrogens with two attached hydrogens (primary N) is 1. The van der Waals surface area contributed by atoms with E-state index in [1.807, 2.05) is 0 Å². The molecule has 15 heavy (non-hydrogen) atoms. The van der Waals surface area contributed by atoms with Gasteiger partial charge >= 0.3 is 0 Å². The van der Waals surface area contributed by atoms with Crippen LogP contribution in [-0.4, -0.2) is 42.8 Å². The van der Waals surface area contributed by atoms with Crippen LogP contribution in [0.2, 0.25) is 0 Å². The average Bonchev–Trinajstić information content (AvgIpc) is 2.24. The Labute approximate surface area is 93.0 Å². The lowest BCUT2D eigenvalue weighted by molar-refractivity contribution is -0.106. The van der Waals surface area contributed by atoms with E-state index in [-0.39, 0.29) is 0 Å². The lowest BCUT2D eigenvalue weighted by Crippen LogP contribution is -2.66. The predicted octanol–water partition coefficient (Wildman–Crippen LogP) is 1.22. The first-order valence-corrected chi connectivity index (χ1v) is 6.26. The quantitative estimate of drug-likeness (QED) is 0.764. The monoisotopic (exact) mass is 212 g/mol. The molecule has 2 aliphatic rings. The lowest BCUT2D eigenvalue weighted by atomic mass is 9.67. The van der Waals surface area contributed by atoms with Gasteiger partial charge in [0.05, 0.1) is 13.2 Å². The SMILES string of the molecule is CCC1COCCN1C1(CN)CC(C)C1. The fraction of sp³-hybridized carbons (Fsp3) is 1.00. The van der Waals surface area contributed by atoms with Gasteiger partial charge in [0.25, 0.3) is 0 Å². The summed E-state index contributed by atoms with van der Waals surface area (Å²) < 4.78 is 5.56. The Kier molecular flexibility index (Phi) is 3.33. The second kappa shape index (κ2) is 4.40. The van der Waals surface area contributed by atoms with Gasteiger partial charge in [0.2, 0.25) is 0 Å². The lowest BCUT2D eigenvalue weighted by Gasteiger charge is -2.57. The van der Waals surface area contributed by atoms with Crippen LogP contribution in [0.5, 0.6) is 0 Å². The van der Waals surface area contributed by atoms with Gasteiger partial charge < -0.3 is 10.5 Å². The van der Waals surface area contributed by atoms with E-state index in [4.69, 9.17) is 10.5 Å². The molecule has 3 nitrogen and oxygen atoms in total. The fourth-order valence-corrected chi connectivity index (χ4v) is 3.37. The van der Waals surface area contributed by atoms with Crippen LogP contribution >= 0.6 is 0 Å². The number of rotatable bonds is 3. The zero-order chi connectivity index (χ0) is 10.9. The van der Waals surface area contributed by atoms with Gasteiger partial charge in [0.1, 0.15) is 0 Å². The summed E-state index contributed by atoms with van der Waals surface area (Å²) in [4.78, 5) is 2.64. The van der Waals surface area contributed by atoms with Crippen molar-refractivity contribution >= 4 is 0 Å². The minimum absolute atomic E-state index is 0.309. The maximum absolute atomic E-state index is 6.00. The van der Waals surface area contributed by atoms with E-state index in [2.05, 4.69) is 18.7 Å². The van der Waals surface area contributed by atoms with Gasteiger partial charge in [0.15, 0.2) is 0 Å². The minimum Gasteiger partial charge on any atom is -0.378 e. The third-order valence-electron chi connectivity index (χ3n) is 4.14. The topological polar surface area (TPSA) is 38.5 Å². The summed E-state index contributed by atoms with van der Waals surface area (Å²) in [5, 5.41) is 0. The van der Waals surface area contributed by atoms with Crippen LogP contribution in [0.1, 0.15) is 33.1 Å². The Hall–Kier alpha value is -0.120. The van der Waals surface area contributed by atoms with Crippen molar-refractivity contribution in [3.8, 4) is 0 Å². The van der Waals surface area contributed by atoms with E-state index >= 15 is 0 Å². The molecule has 88 valence electrons. The van der Waals surface area contributed by atoms with Gasteiger partial charge in [0, 0.05) is 24.7 Å². The average molecular weight is 212 g/mol. The standard InChI is InChI=1S/C12H24N2O/c1-3-11-8-15-5-4-14(11)12(9-13)6-10(2)7-12/h10-11H,3-9,13H2,1-2H3. The molecule has 0 bridgehead atoms. The molecular formula is C12H24N2O. The molecule has 2 fully saturated rings. The van der Waals surface area contributed by atoms with Gasteiger partial charge in [-0.1, -0.05) is 13.8 Å². The number of hydrogen-bond donors (Lipinski definition) is 1. The molecule has 0 amide bonds. The molecule has 1 heterocycles. The highest BCUT2D eigenvalue weighted by Gasteiger charge is 2.48. The minimum atomic E-state index is 0.309. The third kappa shape index (κ3) is 1.93. The summed E-state index contributed by atoms with van der Waals surface area (Å²) in [7, 11) is 0. The van der Waals surface area contributed by atoms with Crippen molar-refractivity contribution < 1.29 is 4.74 Å². The summed E-state index contributed by atoms with van der Waals surface area (Å²) in [6.45, 7) is 8.24. The molecule has 1 saturated carbocycles. The zero-order valence-corrected chi connectivity index (χ0v) is 10.0. The Bertz CT molecular complexity index is 214. The van der Waals surface area contributed by atoms with Crippen molar-refractivity contribution in [3.63, 3.8) is 0 Å². The second-order valence-electron chi connectivity index (χ2n) is 5.27. The van der Waals surface area contributed by atoms with Gasteiger partial charge in [-0.15, -0.1) is 0 Å². The van der Waals surface area contributed by atoms with Crippen molar-refractivity contribution in [1.29, 1.82) is 0 Å². The molecule has 1 saturated heterocycles. The van der Waals surface area contributed by atoms with Crippen molar-refractivity contribution in [2.75, 3.05) is 26.3 Å². The highest BCUT2D eigenvalue weighted by molar-refractivity contribution is 5.04. The Balaban J connectivity index is 2.05. The molecule has 1 aliphatic carbocycles. The van der Waals surface area contributed by atoms with E-state index < -0.39 is 0 Å². The van der Waals surface area contributed by atoms with Crippen LogP contribution in [0.3, 0.4) is 0 Å². The summed E-state index contributed by atoms with van der Waals surface area (Å²) in [6, 6.07) is 0.592. The summed E-state index contributed by atoms with van der Waals surface area (Å²) in [5.41, 5.74) is 6.31. The van der Waals surface area contributed by atoms with Crippen molar-refractivity contribution in [2.24, 2.45) is 11.7 Å². The maximum atomic E-state index is 6.00. The smallest absolute Gasteiger partial charge is 0.0622 e. The normalized spacial score (nSPS) is 42.6. The molecular weight excluding hydrogens is 188 g/mol. The van der Waals surface area contributed by atoms with E-state index in [0.717, 1.165) is 32.2 Å². The molecule has 0 spiro atoms. The van der Waals surface area contributed by atoms with Gasteiger partial charge in [-0.2, -0.15) is 0 Å². The van der Waals surface area contributed by atoms with Gasteiger partial charge in [-0.05, 0) is 25.2 Å². The molecule has 1 unspecified atom stereocenters. The van der Waals surface area contributed by atoms with Crippen LogP contribution in [0, 0.1) is 5.92 Å².